The summed E-state index contributed by atoms with van der Waals surface area (Å²) < 4.78 is 5.86. The molecule has 1 aliphatic carbocycles. The Labute approximate surface area is 107 Å². The highest BCUT2D eigenvalue weighted by Crippen LogP contribution is 2.39. The molecule has 3 heteroatoms. The third kappa shape index (κ3) is 2.16. The maximum Gasteiger partial charge on any atom is 0.257 e. The van der Waals surface area contributed by atoms with Crippen LogP contribution in [0, 0.1) is 5.92 Å². The largest absolute Gasteiger partial charge is 0.462 e. The van der Waals surface area contributed by atoms with Crippen LogP contribution in [0.3, 0.4) is 0 Å². The topological polar surface area (TPSA) is 21.3 Å². The molecule has 1 aromatic carbocycles. The monoisotopic (exact) mass is 247 g/mol. The Morgan fingerprint density at radius 2 is 1.88 bits per heavy atom. The van der Waals surface area contributed by atoms with E-state index in [4.69, 9.17) is 17.0 Å². The molecule has 2 fully saturated rings. The molecule has 2 nitrogen and oxygen atoms in total. The summed E-state index contributed by atoms with van der Waals surface area (Å²) in [6.45, 7) is 0. The van der Waals surface area contributed by atoms with E-state index in [1.807, 2.05) is 6.07 Å². The van der Waals surface area contributed by atoms with E-state index in [1.54, 1.807) is 0 Å². The maximum atomic E-state index is 5.86. The zero-order chi connectivity index (χ0) is 11.7. The van der Waals surface area contributed by atoms with Crippen molar-refractivity contribution in [2.45, 2.75) is 37.8 Å². The third-order valence-corrected chi connectivity index (χ3v) is 4.09. The minimum atomic E-state index is 0.148. The molecule has 0 spiro atoms. The standard InChI is InChI=1S/C14H17NOS/c17-14-15-12-9-5-4-8-11(12)13(16-14)10-6-2-1-3-7-10/h1-3,6-7,11-13H,4-5,8-9H2,(H,15,17)/t11-,12-,13-/m1/s1. The first kappa shape index (κ1) is 11.0. The second-order valence-electron chi connectivity index (χ2n) is 4.94. The van der Waals surface area contributed by atoms with Crippen LogP contribution in [0.2, 0.25) is 0 Å². The lowest BCUT2D eigenvalue weighted by Crippen LogP contribution is -2.50. The minimum absolute atomic E-state index is 0.148. The molecule has 17 heavy (non-hydrogen) atoms. The fourth-order valence-electron chi connectivity index (χ4n) is 3.05. The van der Waals surface area contributed by atoms with Crippen LogP contribution in [0.5, 0.6) is 0 Å². The van der Waals surface area contributed by atoms with E-state index >= 15 is 0 Å². The van der Waals surface area contributed by atoms with Crippen LogP contribution in [-0.2, 0) is 4.74 Å². The Hall–Kier alpha value is -1.09. The van der Waals surface area contributed by atoms with Crippen LogP contribution in [0.15, 0.2) is 30.3 Å². The number of nitrogens with one attached hydrogen (secondary N) is 1. The normalized spacial score (nSPS) is 32.2. The number of benzene rings is 1. The van der Waals surface area contributed by atoms with Gasteiger partial charge in [-0.15, -0.1) is 0 Å². The van der Waals surface area contributed by atoms with Gasteiger partial charge in [-0.05, 0) is 30.6 Å². The molecule has 0 bridgehead atoms. The van der Waals surface area contributed by atoms with Crippen LogP contribution in [0.1, 0.15) is 37.4 Å². The Kier molecular flexibility index (Phi) is 3.02. The quantitative estimate of drug-likeness (QED) is 0.770. The Morgan fingerprint density at radius 1 is 1.12 bits per heavy atom. The second-order valence-corrected chi connectivity index (χ2v) is 5.31. The zero-order valence-corrected chi connectivity index (χ0v) is 10.6. The highest BCUT2D eigenvalue weighted by atomic mass is 32.1. The summed E-state index contributed by atoms with van der Waals surface area (Å²) in [4.78, 5) is 0. The van der Waals surface area contributed by atoms with E-state index in [0.29, 0.717) is 17.1 Å². The average molecular weight is 247 g/mol. The maximum absolute atomic E-state index is 5.86. The van der Waals surface area contributed by atoms with Crippen molar-refractivity contribution in [1.82, 2.24) is 5.32 Å². The average Bonchev–Trinajstić information content (AvgIpc) is 2.39. The van der Waals surface area contributed by atoms with Crippen LogP contribution >= 0.6 is 12.2 Å². The zero-order valence-electron chi connectivity index (χ0n) is 9.76. The molecule has 1 aromatic rings. The molecular weight excluding hydrogens is 230 g/mol. The van der Waals surface area contributed by atoms with E-state index in [9.17, 15) is 0 Å². The summed E-state index contributed by atoms with van der Waals surface area (Å²) in [6, 6.07) is 11.0. The van der Waals surface area contributed by atoms with Crippen molar-refractivity contribution in [3.05, 3.63) is 35.9 Å². The highest BCUT2D eigenvalue weighted by Gasteiger charge is 2.38. The van der Waals surface area contributed by atoms with Crippen molar-refractivity contribution < 1.29 is 4.74 Å². The third-order valence-electron chi connectivity index (χ3n) is 3.87. The summed E-state index contributed by atoms with van der Waals surface area (Å²) in [6.07, 6.45) is 5.22. The minimum Gasteiger partial charge on any atom is -0.462 e. The van der Waals surface area contributed by atoms with Crippen LogP contribution < -0.4 is 5.32 Å². The van der Waals surface area contributed by atoms with Gasteiger partial charge in [-0.1, -0.05) is 43.2 Å². The van der Waals surface area contributed by atoms with Gasteiger partial charge in [-0.2, -0.15) is 0 Å². The molecule has 1 saturated carbocycles. The van der Waals surface area contributed by atoms with Gasteiger partial charge in [0.25, 0.3) is 5.17 Å². The highest BCUT2D eigenvalue weighted by molar-refractivity contribution is 7.80. The molecule has 0 aromatic heterocycles. The number of ether oxygens (including phenoxy) is 1. The van der Waals surface area contributed by atoms with Gasteiger partial charge in [0.05, 0.1) is 0 Å². The number of hydrogen-bond acceptors (Lipinski definition) is 2. The number of rotatable bonds is 1. The van der Waals surface area contributed by atoms with Crippen molar-refractivity contribution in [2.24, 2.45) is 5.92 Å². The molecule has 1 aliphatic heterocycles. The van der Waals surface area contributed by atoms with Crippen molar-refractivity contribution in [3.63, 3.8) is 0 Å². The Balaban J connectivity index is 1.88. The van der Waals surface area contributed by atoms with E-state index in [0.717, 1.165) is 0 Å². The first-order valence-corrected chi connectivity index (χ1v) is 6.77. The van der Waals surface area contributed by atoms with Crippen LogP contribution in [-0.4, -0.2) is 11.2 Å². The predicted molar refractivity (Wildman–Crippen MR) is 71.7 cm³/mol. The van der Waals surface area contributed by atoms with E-state index in [2.05, 4.69) is 29.6 Å². The smallest absolute Gasteiger partial charge is 0.257 e. The summed E-state index contributed by atoms with van der Waals surface area (Å²) in [5.41, 5.74) is 1.26. The van der Waals surface area contributed by atoms with Gasteiger partial charge in [-0.25, -0.2) is 0 Å². The fraction of sp³-hybridized carbons (Fsp3) is 0.500. The lowest BCUT2D eigenvalue weighted by molar-refractivity contribution is 0.0443. The number of fused-ring (bicyclic) bond motifs is 1. The van der Waals surface area contributed by atoms with Gasteiger partial charge >= 0.3 is 0 Å². The van der Waals surface area contributed by atoms with E-state index < -0.39 is 0 Å². The molecule has 0 unspecified atom stereocenters. The van der Waals surface area contributed by atoms with Crippen molar-refractivity contribution in [2.75, 3.05) is 0 Å². The lowest BCUT2D eigenvalue weighted by Gasteiger charge is -2.42. The van der Waals surface area contributed by atoms with Gasteiger partial charge in [0.2, 0.25) is 0 Å². The summed E-state index contributed by atoms with van der Waals surface area (Å²) in [5.74, 6) is 0.567. The Bertz CT molecular complexity index is 406. The van der Waals surface area contributed by atoms with Crippen LogP contribution in [0.4, 0.5) is 0 Å². The molecule has 1 N–H and O–H groups in total. The van der Waals surface area contributed by atoms with E-state index in [1.165, 1.54) is 31.2 Å². The second kappa shape index (κ2) is 4.65. The fourth-order valence-corrected chi connectivity index (χ4v) is 3.30. The first-order chi connectivity index (χ1) is 8.34. The molecule has 0 amide bonds. The molecule has 1 heterocycles. The first-order valence-electron chi connectivity index (χ1n) is 6.37. The Morgan fingerprint density at radius 3 is 2.71 bits per heavy atom. The van der Waals surface area contributed by atoms with Gasteiger partial charge in [0, 0.05) is 12.0 Å². The van der Waals surface area contributed by atoms with Gasteiger partial charge in [0.1, 0.15) is 6.10 Å². The molecule has 0 radical (unpaired) electrons. The SMILES string of the molecule is S=C1N[C@@H]2CCCC[C@H]2[C@@H](c2ccccc2)O1. The molecule has 2 aliphatic rings. The van der Waals surface area contributed by atoms with E-state index in [-0.39, 0.29) is 6.10 Å². The van der Waals surface area contributed by atoms with Gasteiger partial charge < -0.3 is 10.1 Å². The number of hydrogen-bond donors (Lipinski definition) is 1. The van der Waals surface area contributed by atoms with Crippen molar-refractivity contribution in [1.29, 1.82) is 0 Å². The van der Waals surface area contributed by atoms with Crippen LogP contribution in [0.25, 0.3) is 0 Å². The lowest BCUT2D eigenvalue weighted by atomic mass is 9.78. The number of thiocarbonyl (C=S) groups is 1. The molecular formula is C14H17NOS. The van der Waals surface area contributed by atoms with Crippen molar-refractivity contribution >= 4 is 17.4 Å². The molecule has 1 saturated heterocycles. The predicted octanol–water partition coefficient (Wildman–Crippen LogP) is 3.19. The van der Waals surface area contributed by atoms with Crippen molar-refractivity contribution in [3.8, 4) is 0 Å². The summed E-state index contributed by atoms with van der Waals surface area (Å²) in [7, 11) is 0. The summed E-state index contributed by atoms with van der Waals surface area (Å²) in [5, 5.41) is 3.90. The molecule has 3 atom stereocenters. The van der Waals surface area contributed by atoms with Gasteiger partial charge in [-0.3, -0.25) is 0 Å². The molecule has 3 rings (SSSR count). The van der Waals surface area contributed by atoms with Gasteiger partial charge in [0.15, 0.2) is 0 Å². The molecule has 90 valence electrons. The summed E-state index contributed by atoms with van der Waals surface area (Å²) >= 11 is 5.22.